The average molecular weight is 264 g/mol. The number of hydrogen-bond acceptors (Lipinski definition) is 4. The summed E-state index contributed by atoms with van der Waals surface area (Å²) < 4.78 is 10.4. The maximum Gasteiger partial charge on any atom is 0.257 e. The Labute approximate surface area is 113 Å². The Hall–Kier alpha value is -1.75. The summed E-state index contributed by atoms with van der Waals surface area (Å²) in [6, 6.07) is 5.50. The number of ether oxygens (including phenoxy) is 2. The SMILES string of the molecule is COc1ccc(OC)c(C(=O)N(C)C2CCNC2)c1. The van der Waals surface area contributed by atoms with Gasteiger partial charge in [0.05, 0.1) is 19.8 Å². The van der Waals surface area contributed by atoms with Crippen LogP contribution in [-0.4, -0.2) is 51.2 Å². The van der Waals surface area contributed by atoms with Crippen molar-refractivity contribution < 1.29 is 14.3 Å². The molecule has 0 aliphatic carbocycles. The second-order valence-electron chi connectivity index (χ2n) is 4.63. The van der Waals surface area contributed by atoms with Crippen molar-refractivity contribution in [2.45, 2.75) is 12.5 Å². The van der Waals surface area contributed by atoms with Gasteiger partial charge in [0.25, 0.3) is 5.91 Å². The average Bonchev–Trinajstić information content (AvgIpc) is 2.99. The number of hydrogen-bond donors (Lipinski definition) is 1. The van der Waals surface area contributed by atoms with Crippen molar-refractivity contribution >= 4 is 5.91 Å². The molecule has 104 valence electrons. The number of benzene rings is 1. The fraction of sp³-hybridized carbons (Fsp3) is 0.500. The van der Waals surface area contributed by atoms with Gasteiger partial charge >= 0.3 is 0 Å². The van der Waals surface area contributed by atoms with Crippen LogP contribution >= 0.6 is 0 Å². The lowest BCUT2D eigenvalue weighted by atomic mass is 10.1. The first kappa shape index (κ1) is 13.7. The Morgan fingerprint density at radius 3 is 2.74 bits per heavy atom. The van der Waals surface area contributed by atoms with E-state index in [9.17, 15) is 4.79 Å². The van der Waals surface area contributed by atoms with Gasteiger partial charge in [0.2, 0.25) is 0 Å². The van der Waals surface area contributed by atoms with E-state index in [0.717, 1.165) is 19.5 Å². The Morgan fingerprint density at radius 1 is 1.37 bits per heavy atom. The minimum absolute atomic E-state index is 0.0375. The molecule has 0 spiro atoms. The molecule has 1 fully saturated rings. The highest BCUT2D eigenvalue weighted by Gasteiger charge is 2.26. The summed E-state index contributed by atoms with van der Waals surface area (Å²) in [5.74, 6) is 1.19. The third kappa shape index (κ3) is 2.81. The fourth-order valence-corrected chi connectivity index (χ4v) is 2.31. The molecule has 1 aliphatic heterocycles. The molecule has 0 aromatic heterocycles. The highest BCUT2D eigenvalue weighted by Crippen LogP contribution is 2.26. The largest absolute Gasteiger partial charge is 0.497 e. The first-order valence-corrected chi connectivity index (χ1v) is 6.37. The number of nitrogens with zero attached hydrogens (tertiary/aromatic N) is 1. The van der Waals surface area contributed by atoms with Gasteiger partial charge in [-0.05, 0) is 31.2 Å². The molecule has 5 heteroatoms. The van der Waals surface area contributed by atoms with E-state index < -0.39 is 0 Å². The number of carbonyl (C=O) groups is 1. The third-order valence-electron chi connectivity index (χ3n) is 3.54. The maximum atomic E-state index is 12.5. The van der Waals surface area contributed by atoms with Crippen LogP contribution in [0.4, 0.5) is 0 Å². The summed E-state index contributed by atoms with van der Waals surface area (Å²) in [6.07, 6.45) is 0.981. The van der Waals surface area contributed by atoms with Gasteiger partial charge in [-0.15, -0.1) is 0 Å². The topological polar surface area (TPSA) is 50.8 Å². The molecule has 1 aliphatic rings. The highest BCUT2D eigenvalue weighted by molar-refractivity contribution is 5.97. The van der Waals surface area contributed by atoms with E-state index in [2.05, 4.69) is 5.32 Å². The van der Waals surface area contributed by atoms with Gasteiger partial charge in [-0.25, -0.2) is 0 Å². The summed E-state index contributed by atoms with van der Waals surface area (Å²) in [5.41, 5.74) is 0.538. The monoisotopic (exact) mass is 264 g/mol. The minimum atomic E-state index is -0.0375. The molecule has 1 N–H and O–H groups in total. The highest BCUT2D eigenvalue weighted by atomic mass is 16.5. The van der Waals surface area contributed by atoms with Crippen molar-refractivity contribution in [2.24, 2.45) is 0 Å². The smallest absolute Gasteiger partial charge is 0.257 e. The van der Waals surface area contributed by atoms with Gasteiger partial charge < -0.3 is 19.7 Å². The van der Waals surface area contributed by atoms with E-state index in [-0.39, 0.29) is 11.9 Å². The van der Waals surface area contributed by atoms with Crippen molar-refractivity contribution in [1.29, 1.82) is 0 Å². The first-order chi connectivity index (χ1) is 9.17. The van der Waals surface area contributed by atoms with Crippen LogP contribution in [0.25, 0.3) is 0 Å². The van der Waals surface area contributed by atoms with Crippen molar-refractivity contribution in [3.8, 4) is 11.5 Å². The molecule has 5 nitrogen and oxygen atoms in total. The zero-order chi connectivity index (χ0) is 13.8. The number of likely N-dealkylation sites (N-methyl/N-ethyl adjacent to an activating group) is 1. The number of methoxy groups -OCH3 is 2. The molecule has 1 saturated heterocycles. The predicted molar refractivity (Wildman–Crippen MR) is 72.9 cm³/mol. The van der Waals surface area contributed by atoms with E-state index in [1.807, 2.05) is 7.05 Å². The Bertz CT molecular complexity index is 456. The molecule has 2 rings (SSSR count). The first-order valence-electron chi connectivity index (χ1n) is 6.37. The zero-order valence-corrected chi connectivity index (χ0v) is 11.6. The Balaban J connectivity index is 2.25. The normalized spacial score (nSPS) is 18.2. The molecule has 1 atom stereocenters. The third-order valence-corrected chi connectivity index (χ3v) is 3.54. The molecule has 0 saturated carbocycles. The number of amides is 1. The molecule has 0 bridgehead atoms. The Morgan fingerprint density at radius 2 is 2.16 bits per heavy atom. The number of nitrogens with one attached hydrogen (secondary N) is 1. The lowest BCUT2D eigenvalue weighted by molar-refractivity contribution is 0.0740. The van der Waals surface area contributed by atoms with Crippen LogP contribution in [0.2, 0.25) is 0 Å². The van der Waals surface area contributed by atoms with Gasteiger partial charge in [-0.3, -0.25) is 4.79 Å². The molecule has 1 heterocycles. The molecular formula is C14H20N2O3. The summed E-state index contributed by atoms with van der Waals surface area (Å²) >= 11 is 0. The quantitative estimate of drug-likeness (QED) is 0.886. The number of rotatable bonds is 4. The van der Waals surface area contributed by atoms with Crippen molar-refractivity contribution in [1.82, 2.24) is 10.2 Å². The molecular weight excluding hydrogens is 244 g/mol. The van der Waals surface area contributed by atoms with Crippen LogP contribution in [0.1, 0.15) is 16.8 Å². The van der Waals surface area contributed by atoms with E-state index in [1.54, 1.807) is 37.3 Å². The van der Waals surface area contributed by atoms with Gasteiger partial charge in [-0.2, -0.15) is 0 Å². The van der Waals surface area contributed by atoms with Gasteiger partial charge in [-0.1, -0.05) is 0 Å². The van der Waals surface area contributed by atoms with Crippen LogP contribution in [0.5, 0.6) is 11.5 Å². The van der Waals surface area contributed by atoms with Crippen LogP contribution in [-0.2, 0) is 0 Å². The van der Waals surface area contributed by atoms with E-state index in [0.29, 0.717) is 17.1 Å². The van der Waals surface area contributed by atoms with Crippen LogP contribution in [0.15, 0.2) is 18.2 Å². The lowest BCUT2D eigenvalue weighted by Gasteiger charge is -2.24. The maximum absolute atomic E-state index is 12.5. The summed E-state index contributed by atoms with van der Waals surface area (Å²) in [6.45, 7) is 1.80. The van der Waals surface area contributed by atoms with Gasteiger partial charge in [0.15, 0.2) is 0 Å². The number of carbonyl (C=O) groups excluding carboxylic acids is 1. The molecule has 1 unspecified atom stereocenters. The van der Waals surface area contributed by atoms with E-state index in [1.165, 1.54) is 0 Å². The summed E-state index contributed by atoms with van der Waals surface area (Å²) in [5, 5.41) is 3.26. The summed E-state index contributed by atoms with van der Waals surface area (Å²) in [7, 11) is 4.98. The van der Waals surface area contributed by atoms with Crippen LogP contribution < -0.4 is 14.8 Å². The van der Waals surface area contributed by atoms with Crippen molar-refractivity contribution in [3.63, 3.8) is 0 Å². The summed E-state index contributed by atoms with van der Waals surface area (Å²) in [4.78, 5) is 14.3. The molecule has 1 amide bonds. The zero-order valence-electron chi connectivity index (χ0n) is 11.6. The standard InChI is InChI=1S/C14H20N2O3/c1-16(10-6-7-15-9-10)14(17)12-8-11(18-2)4-5-13(12)19-3/h4-5,8,10,15H,6-7,9H2,1-3H3. The minimum Gasteiger partial charge on any atom is -0.497 e. The second kappa shape index (κ2) is 5.93. The van der Waals surface area contributed by atoms with E-state index >= 15 is 0 Å². The van der Waals surface area contributed by atoms with Crippen molar-refractivity contribution in [2.75, 3.05) is 34.4 Å². The molecule has 0 radical (unpaired) electrons. The van der Waals surface area contributed by atoms with E-state index in [4.69, 9.17) is 9.47 Å². The van der Waals surface area contributed by atoms with Crippen molar-refractivity contribution in [3.05, 3.63) is 23.8 Å². The second-order valence-corrected chi connectivity index (χ2v) is 4.63. The van der Waals surface area contributed by atoms with Crippen LogP contribution in [0.3, 0.4) is 0 Å². The Kier molecular flexibility index (Phi) is 4.27. The van der Waals surface area contributed by atoms with Gasteiger partial charge in [0.1, 0.15) is 11.5 Å². The predicted octanol–water partition coefficient (Wildman–Crippen LogP) is 1.14. The molecule has 1 aromatic carbocycles. The van der Waals surface area contributed by atoms with Crippen LogP contribution in [0, 0.1) is 0 Å². The lowest BCUT2D eigenvalue weighted by Crippen LogP contribution is -2.38. The molecule has 1 aromatic rings. The molecule has 19 heavy (non-hydrogen) atoms. The van der Waals surface area contributed by atoms with Gasteiger partial charge in [0, 0.05) is 19.6 Å². The fourth-order valence-electron chi connectivity index (χ4n) is 2.31.